The monoisotopic (exact) mass is 285 g/mol. The average Bonchev–Trinajstić information content (AvgIpc) is 2.31. The van der Waals surface area contributed by atoms with Gasteiger partial charge in [0.25, 0.3) is 0 Å². The molecular weight excluding hydrogens is 266 g/mol. The SMILES string of the molecule is CCOC(=O)c1cc(N)cc(Cl)c1NCCN(C)C. The van der Waals surface area contributed by atoms with E-state index in [0.29, 0.717) is 35.1 Å². The third-order valence-corrected chi connectivity index (χ3v) is 2.77. The van der Waals surface area contributed by atoms with Gasteiger partial charge < -0.3 is 20.7 Å². The number of hydrogen-bond donors (Lipinski definition) is 2. The summed E-state index contributed by atoms with van der Waals surface area (Å²) in [6.07, 6.45) is 0. The molecule has 0 aliphatic heterocycles. The number of likely N-dealkylation sites (N-methyl/N-ethyl adjacent to an activating group) is 1. The van der Waals surface area contributed by atoms with Gasteiger partial charge in [0.05, 0.1) is 22.9 Å². The molecule has 106 valence electrons. The summed E-state index contributed by atoms with van der Waals surface area (Å²) in [5.41, 5.74) is 7.08. The summed E-state index contributed by atoms with van der Waals surface area (Å²) >= 11 is 6.13. The van der Waals surface area contributed by atoms with Crippen LogP contribution in [0.4, 0.5) is 11.4 Å². The molecule has 0 saturated carbocycles. The van der Waals surface area contributed by atoms with E-state index in [0.717, 1.165) is 6.54 Å². The first-order chi connectivity index (χ1) is 8.95. The smallest absolute Gasteiger partial charge is 0.340 e. The van der Waals surface area contributed by atoms with Crippen LogP contribution in [-0.2, 0) is 4.74 Å². The Labute approximate surface area is 118 Å². The molecule has 1 aromatic carbocycles. The lowest BCUT2D eigenvalue weighted by molar-refractivity contribution is 0.0527. The van der Waals surface area contributed by atoms with Crippen molar-refractivity contribution < 1.29 is 9.53 Å². The van der Waals surface area contributed by atoms with Crippen LogP contribution < -0.4 is 11.1 Å². The van der Waals surface area contributed by atoms with Crippen molar-refractivity contribution in [1.82, 2.24) is 4.90 Å². The number of nitrogen functional groups attached to an aromatic ring is 1. The summed E-state index contributed by atoms with van der Waals surface area (Å²) in [4.78, 5) is 13.9. The molecule has 0 heterocycles. The molecule has 1 aromatic rings. The number of halogens is 1. The van der Waals surface area contributed by atoms with Crippen molar-refractivity contribution in [2.45, 2.75) is 6.92 Å². The number of nitrogens with two attached hydrogens (primary N) is 1. The predicted molar refractivity (Wildman–Crippen MR) is 78.9 cm³/mol. The number of esters is 1. The average molecular weight is 286 g/mol. The molecule has 0 spiro atoms. The summed E-state index contributed by atoms with van der Waals surface area (Å²) < 4.78 is 5.00. The van der Waals surface area contributed by atoms with Crippen molar-refractivity contribution in [2.75, 3.05) is 44.8 Å². The first-order valence-electron chi connectivity index (χ1n) is 6.10. The van der Waals surface area contributed by atoms with Gasteiger partial charge >= 0.3 is 5.97 Å². The van der Waals surface area contributed by atoms with Crippen LogP contribution in [0.15, 0.2) is 12.1 Å². The zero-order chi connectivity index (χ0) is 14.4. The van der Waals surface area contributed by atoms with Gasteiger partial charge in [0.1, 0.15) is 0 Å². The fourth-order valence-corrected chi connectivity index (χ4v) is 1.88. The van der Waals surface area contributed by atoms with Gasteiger partial charge in [-0.05, 0) is 33.2 Å². The highest BCUT2D eigenvalue weighted by Crippen LogP contribution is 2.29. The van der Waals surface area contributed by atoms with Gasteiger partial charge in [0.15, 0.2) is 0 Å². The topological polar surface area (TPSA) is 67.6 Å². The van der Waals surface area contributed by atoms with E-state index in [2.05, 4.69) is 5.32 Å². The zero-order valence-corrected chi connectivity index (χ0v) is 12.3. The summed E-state index contributed by atoms with van der Waals surface area (Å²) in [5, 5.41) is 3.57. The number of rotatable bonds is 6. The van der Waals surface area contributed by atoms with E-state index < -0.39 is 5.97 Å². The number of hydrogen-bond acceptors (Lipinski definition) is 5. The van der Waals surface area contributed by atoms with E-state index in [1.54, 1.807) is 19.1 Å². The van der Waals surface area contributed by atoms with Gasteiger partial charge in [-0.15, -0.1) is 0 Å². The number of nitrogens with zero attached hydrogens (tertiary/aromatic N) is 1. The second-order valence-corrected chi connectivity index (χ2v) is 4.78. The fraction of sp³-hybridized carbons (Fsp3) is 0.462. The highest BCUT2D eigenvalue weighted by Gasteiger charge is 2.16. The van der Waals surface area contributed by atoms with E-state index >= 15 is 0 Å². The Morgan fingerprint density at radius 3 is 2.74 bits per heavy atom. The van der Waals surface area contributed by atoms with Crippen LogP contribution in [0.25, 0.3) is 0 Å². The highest BCUT2D eigenvalue weighted by atomic mass is 35.5. The Bertz CT molecular complexity index is 450. The van der Waals surface area contributed by atoms with Gasteiger partial charge in [-0.1, -0.05) is 11.6 Å². The van der Waals surface area contributed by atoms with Crippen LogP contribution in [0.2, 0.25) is 5.02 Å². The minimum Gasteiger partial charge on any atom is -0.462 e. The Morgan fingerprint density at radius 2 is 2.16 bits per heavy atom. The van der Waals surface area contributed by atoms with Crippen molar-refractivity contribution in [3.63, 3.8) is 0 Å². The van der Waals surface area contributed by atoms with Crippen LogP contribution >= 0.6 is 11.6 Å². The van der Waals surface area contributed by atoms with E-state index in [1.165, 1.54) is 0 Å². The molecule has 0 unspecified atom stereocenters. The minimum atomic E-state index is -0.427. The molecule has 0 aliphatic rings. The van der Waals surface area contributed by atoms with Crippen LogP contribution in [-0.4, -0.2) is 44.7 Å². The molecule has 0 aliphatic carbocycles. The lowest BCUT2D eigenvalue weighted by atomic mass is 10.1. The number of carbonyl (C=O) groups is 1. The maximum absolute atomic E-state index is 11.9. The normalized spacial score (nSPS) is 10.6. The largest absolute Gasteiger partial charge is 0.462 e. The van der Waals surface area contributed by atoms with Crippen molar-refractivity contribution >= 4 is 28.9 Å². The van der Waals surface area contributed by atoms with Crippen molar-refractivity contribution in [2.24, 2.45) is 0 Å². The third kappa shape index (κ3) is 4.61. The summed E-state index contributed by atoms with van der Waals surface area (Å²) in [7, 11) is 3.94. The molecule has 0 aromatic heterocycles. The number of benzene rings is 1. The maximum Gasteiger partial charge on any atom is 0.340 e. The Balaban J connectivity index is 2.96. The second kappa shape index (κ2) is 7.21. The quantitative estimate of drug-likeness (QED) is 0.619. The van der Waals surface area contributed by atoms with E-state index in [-0.39, 0.29) is 0 Å². The zero-order valence-electron chi connectivity index (χ0n) is 11.5. The molecular formula is C13H20ClN3O2. The molecule has 0 radical (unpaired) electrons. The lowest BCUT2D eigenvalue weighted by Gasteiger charge is -2.16. The van der Waals surface area contributed by atoms with Crippen LogP contribution in [0.1, 0.15) is 17.3 Å². The molecule has 0 bridgehead atoms. The van der Waals surface area contributed by atoms with Gasteiger partial charge in [-0.3, -0.25) is 0 Å². The van der Waals surface area contributed by atoms with Gasteiger partial charge in [-0.25, -0.2) is 4.79 Å². The minimum absolute atomic E-state index is 0.308. The third-order valence-electron chi connectivity index (χ3n) is 2.47. The first kappa shape index (κ1) is 15.6. The molecule has 0 amide bonds. The molecule has 19 heavy (non-hydrogen) atoms. The Morgan fingerprint density at radius 1 is 1.47 bits per heavy atom. The summed E-state index contributed by atoms with van der Waals surface area (Å²) in [6.45, 7) is 3.55. The van der Waals surface area contributed by atoms with Crippen LogP contribution in [0.5, 0.6) is 0 Å². The van der Waals surface area contributed by atoms with E-state index in [4.69, 9.17) is 22.1 Å². The van der Waals surface area contributed by atoms with Gasteiger partial charge in [0.2, 0.25) is 0 Å². The summed E-state index contributed by atoms with van der Waals surface area (Å²) in [6, 6.07) is 3.18. The van der Waals surface area contributed by atoms with Crippen LogP contribution in [0, 0.1) is 0 Å². The molecule has 3 N–H and O–H groups in total. The molecule has 0 atom stereocenters. The van der Waals surface area contributed by atoms with Crippen molar-refractivity contribution in [3.05, 3.63) is 22.7 Å². The summed E-state index contributed by atoms with van der Waals surface area (Å²) in [5.74, 6) is -0.427. The Kier molecular flexibility index (Phi) is 5.92. The molecule has 0 fully saturated rings. The first-order valence-corrected chi connectivity index (χ1v) is 6.48. The fourth-order valence-electron chi connectivity index (χ4n) is 1.58. The highest BCUT2D eigenvalue weighted by molar-refractivity contribution is 6.34. The number of ether oxygens (including phenoxy) is 1. The second-order valence-electron chi connectivity index (χ2n) is 4.38. The molecule has 0 saturated heterocycles. The number of nitrogens with one attached hydrogen (secondary N) is 1. The number of carbonyl (C=O) groups excluding carboxylic acids is 1. The number of anilines is 2. The molecule has 5 nitrogen and oxygen atoms in total. The van der Waals surface area contributed by atoms with Crippen molar-refractivity contribution in [3.8, 4) is 0 Å². The Hall–Kier alpha value is -1.46. The maximum atomic E-state index is 11.9. The standard InChI is InChI=1S/C13H20ClN3O2/c1-4-19-13(18)10-7-9(15)8-11(14)12(10)16-5-6-17(2)3/h7-8,16H,4-6,15H2,1-3H3. The van der Waals surface area contributed by atoms with Crippen LogP contribution in [0.3, 0.4) is 0 Å². The van der Waals surface area contributed by atoms with Gasteiger partial charge in [-0.2, -0.15) is 0 Å². The molecule has 1 rings (SSSR count). The lowest BCUT2D eigenvalue weighted by Crippen LogP contribution is -2.22. The predicted octanol–water partition coefficient (Wildman–Crippen LogP) is 2.07. The van der Waals surface area contributed by atoms with E-state index in [1.807, 2.05) is 19.0 Å². The van der Waals surface area contributed by atoms with Gasteiger partial charge in [0, 0.05) is 18.8 Å². The van der Waals surface area contributed by atoms with Crippen molar-refractivity contribution in [1.29, 1.82) is 0 Å². The molecule has 6 heteroatoms. The van der Waals surface area contributed by atoms with E-state index in [9.17, 15) is 4.79 Å².